The first-order valence-corrected chi connectivity index (χ1v) is 12.8. The molecule has 1 aliphatic heterocycles. The minimum atomic E-state index is -0.980. The molecule has 0 unspecified atom stereocenters. The lowest BCUT2D eigenvalue weighted by Crippen LogP contribution is -2.38. The third kappa shape index (κ3) is 3.59. The maximum absolute atomic E-state index is 13.9. The molecule has 2 aromatic carbocycles. The van der Waals surface area contributed by atoms with Crippen LogP contribution in [0.1, 0.15) is 53.6 Å². The van der Waals surface area contributed by atoms with Gasteiger partial charge in [0, 0.05) is 21.4 Å². The van der Waals surface area contributed by atoms with Gasteiger partial charge in [-0.3, -0.25) is 9.00 Å². The van der Waals surface area contributed by atoms with E-state index >= 15 is 0 Å². The monoisotopic (exact) mass is 467 g/mol. The average molecular weight is 468 g/mol. The van der Waals surface area contributed by atoms with Crippen LogP contribution in [0, 0.1) is 13.8 Å². The summed E-state index contributed by atoms with van der Waals surface area (Å²) in [6.07, 6.45) is 3.61. The van der Waals surface area contributed by atoms with Crippen LogP contribution < -0.4 is 5.32 Å². The topological polar surface area (TPSA) is 64.0 Å². The highest BCUT2D eigenvalue weighted by atomic mass is 35.5. The zero-order chi connectivity index (χ0) is 22.5. The largest absolute Gasteiger partial charge is 0.310 e. The van der Waals surface area contributed by atoms with Crippen molar-refractivity contribution in [2.24, 2.45) is 0 Å². The van der Waals surface area contributed by atoms with E-state index < -0.39 is 16.2 Å². The minimum Gasteiger partial charge on any atom is -0.310 e. The van der Waals surface area contributed by atoms with E-state index in [0.717, 1.165) is 53.8 Å². The molecule has 1 saturated carbocycles. The van der Waals surface area contributed by atoms with Gasteiger partial charge in [-0.2, -0.15) is 5.10 Å². The van der Waals surface area contributed by atoms with Crippen molar-refractivity contribution >= 4 is 34.1 Å². The van der Waals surface area contributed by atoms with Gasteiger partial charge in [0.05, 0.1) is 28.3 Å². The van der Waals surface area contributed by atoms with Crippen molar-refractivity contribution in [3.05, 3.63) is 75.4 Å². The van der Waals surface area contributed by atoms with Gasteiger partial charge < -0.3 is 5.32 Å². The van der Waals surface area contributed by atoms with Crippen molar-refractivity contribution in [1.29, 1.82) is 0 Å². The van der Waals surface area contributed by atoms with E-state index in [1.165, 1.54) is 5.56 Å². The molecule has 5 nitrogen and oxygen atoms in total. The number of hydrogen-bond donors (Lipinski definition) is 1. The molecule has 0 saturated heterocycles. The molecule has 1 amide bonds. The van der Waals surface area contributed by atoms with Gasteiger partial charge in [-0.1, -0.05) is 54.3 Å². The molecular formula is C25H26ClN3O2S. The molecule has 1 N–H and O–H groups in total. The standard InChI is InChI=1S/C25H26ClN3O2S/c1-16-5-10-22(17(2)13-16)29-23(20-14-32(31)15-21(20)28-29)27-24(30)25(11-3-4-12-25)18-6-8-19(26)9-7-18/h5-10,13H,3-4,11-12,14-15H2,1-2H3,(H,27,30)/t32-/m0/s1. The molecule has 0 bridgehead atoms. The van der Waals surface area contributed by atoms with Gasteiger partial charge >= 0.3 is 0 Å². The Morgan fingerprint density at radius 2 is 1.81 bits per heavy atom. The summed E-state index contributed by atoms with van der Waals surface area (Å²) in [7, 11) is -0.980. The summed E-state index contributed by atoms with van der Waals surface area (Å²) in [6, 6.07) is 13.8. The number of benzene rings is 2. The fraction of sp³-hybridized carbons (Fsp3) is 0.360. The summed E-state index contributed by atoms with van der Waals surface area (Å²) in [6.45, 7) is 4.10. The molecule has 1 aliphatic carbocycles. The lowest BCUT2D eigenvalue weighted by atomic mass is 9.78. The second kappa shape index (κ2) is 8.16. The smallest absolute Gasteiger partial charge is 0.236 e. The number of nitrogens with zero attached hydrogens (tertiary/aromatic N) is 2. The van der Waals surface area contributed by atoms with Crippen molar-refractivity contribution in [3.8, 4) is 5.69 Å². The normalized spacial score (nSPS) is 19.2. The molecule has 5 rings (SSSR count). The molecule has 0 radical (unpaired) electrons. The summed E-state index contributed by atoms with van der Waals surface area (Å²) < 4.78 is 14.1. The first-order valence-electron chi connectivity index (χ1n) is 11.0. The van der Waals surface area contributed by atoms with Gasteiger partial charge in [-0.15, -0.1) is 0 Å². The lowest BCUT2D eigenvalue weighted by Gasteiger charge is -2.29. The molecule has 2 aliphatic rings. The average Bonchev–Trinajstić information content (AvgIpc) is 3.45. The predicted molar refractivity (Wildman–Crippen MR) is 129 cm³/mol. The molecular weight excluding hydrogens is 442 g/mol. The number of aromatic nitrogens is 2. The van der Waals surface area contributed by atoms with Crippen LogP contribution in [0.4, 0.5) is 5.82 Å². The lowest BCUT2D eigenvalue weighted by molar-refractivity contribution is -0.121. The third-order valence-electron chi connectivity index (χ3n) is 6.77. The van der Waals surface area contributed by atoms with E-state index in [1.54, 1.807) is 0 Å². The number of carbonyl (C=O) groups excluding carboxylic acids is 1. The predicted octanol–water partition coefficient (Wildman–Crippen LogP) is 5.36. The van der Waals surface area contributed by atoms with E-state index in [0.29, 0.717) is 22.3 Å². The molecule has 1 fully saturated rings. The number of carbonyl (C=O) groups is 1. The second-order valence-corrected chi connectivity index (χ2v) is 10.8. The molecule has 32 heavy (non-hydrogen) atoms. The summed E-state index contributed by atoms with van der Waals surface area (Å²) in [4.78, 5) is 13.9. The summed E-state index contributed by atoms with van der Waals surface area (Å²) in [5, 5.41) is 8.68. The number of rotatable bonds is 4. The second-order valence-electron chi connectivity index (χ2n) is 8.95. The maximum Gasteiger partial charge on any atom is 0.236 e. The van der Waals surface area contributed by atoms with Crippen LogP contribution in [-0.4, -0.2) is 19.9 Å². The van der Waals surface area contributed by atoms with E-state index in [4.69, 9.17) is 16.7 Å². The fourth-order valence-electron chi connectivity index (χ4n) is 5.09. The van der Waals surface area contributed by atoms with Gasteiger partial charge in [0.25, 0.3) is 0 Å². The number of aryl methyl sites for hydroxylation is 2. The highest BCUT2D eigenvalue weighted by molar-refractivity contribution is 7.83. The van der Waals surface area contributed by atoms with Gasteiger partial charge in [-0.25, -0.2) is 4.68 Å². The first kappa shape index (κ1) is 21.4. The number of hydrogen-bond acceptors (Lipinski definition) is 3. The van der Waals surface area contributed by atoms with Gasteiger partial charge in [0.1, 0.15) is 5.82 Å². The molecule has 2 heterocycles. The molecule has 166 valence electrons. The summed E-state index contributed by atoms with van der Waals surface area (Å²) in [5.74, 6) is 1.48. The molecule has 1 atom stereocenters. The van der Waals surface area contributed by atoms with Crippen molar-refractivity contribution in [1.82, 2.24) is 9.78 Å². The quantitative estimate of drug-likeness (QED) is 0.562. The zero-order valence-corrected chi connectivity index (χ0v) is 19.9. The summed E-state index contributed by atoms with van der Waals surface area (Å²) in [5.41, 5.74) is 5.28. The van der Waals surface area contributed by atoms with Crippen LogP contribution in [0.25, 0.3) is 5.69 Å². The first-order chi connectivity index (χ1) is 15.4. The Labute approximate surface area is 195 Å². The fourth-order valence-corrected chi connectivity index (χ4v) is 6.49. The Morgan fingerprint density at radius 3 is 2.50 bits per heavy atom. The highest BCUT2D eigenvalue weighted by Gasteiger charge is 2.43. The zero-order valence-electron chi connectivity index (χ0n) is 18.3. The molecule has 0 spiro atoms. The van der Waals surface area contributed by atoms with E-state index in [9.17, 15) is 9.00 Å². The van der Waals surface area contributed by atoms with Crippen molar-refractivity contribution in [3.63, 3.8) is 0 Å². The third-order valence-corrected chi connectivity index (χ3v) is 8.23. The number of halogens is 1. The maximum atomic E-state index is 13.9. The Balaban J connectivity index is 1.58. The number of fused-ring (bicyclic) bond motifs is 1. The minimum absolute atomic E-state index is 0.0243. The molecule has 3 aromatic rings. The van der Waals surface area contributed by atoms with Gasteiger partial charge in [-0.05, 0) is 56.0 Å². The van der Waals surface area contributed by atoms with Crippen LogP contribution in [0.5, 0.6) is 0 Å². The molecule has 7 heteroatoms. The number of nitrogens with one attached hydrogen (secondary N) is 1. The SMILES string of the molecule is Cc1ccc(-n2nc3c(c2NC(=O)C2(c4ccc(Cl)cc4)CCCC2)C[S@](=O)C3)c(C)c1. The Bertz CT molecular complexity index is 1230. The highest BCUT2D eigenvalue weighted by Crippen LogP contribution is 2.43. The van der Waals surface area contributed by atoms with Gasteiger partial charge in [0.15, 0.2) is 0 Å². The van der Waals surface area contributed by atoms with Crippen molar-refractivity contribution < 1.29 is 9.00 Å². The van der Waals surface area contributed by atoms with E-state index in [1.807, 2.05) is 48.0 Å². The molecule has 1 aromatic heterocycles. The number of anilines is 1. The van der Waals surface area contributed by atoms with E-state index in [2.05, 4.69) is 18.3 Å². The Morgan fingerprint density at radius 1 is 1.09 bits per heavy atom. The Kier molecular flexibility index (Phi) is 5.46. The van der Waals surface area contributed by atoms with Crippen LogP contribution in [-0.2, 0) is 32.5 Å². The van der Waals surface area contributed by atoms with Crippen LogP contribution in [0.15, 0.2) is 42.5 Å². The van der Waals surface area contributed by atoms with Crippen LogP contribution >= 0.6 is 11.6 Å². The summed E-state index contributed by atoms with van der Waals surface area (Å²) >= 11 is 6.11. The van der Waals surface area contributed by atoms with Crippen molar-refractivity contribution in [2.75, 3.05) is 5.32 Å². The number of amides is 1. The van der Waals surface area contributed by atoms with Crippen LogP contribution in [0.2, 0.25) is 5.02 Å². The van der Waals surface area contributed by atoms with Gasteiger partial charge in [0.2, 0.25) is 5.91 Å². The Hall–Kier alpha value is -2.44. The van der Waals surface area contributed by atoms with E-state index in [-0.39, 0.29) is 5.91 Å². The van der Waals surface area contributed by atoms with Crippen molar-refractivity contribution in [2.45, 2.75) is 56.5 Å². The van der Waals surface area contributed by atoms with Crippen LogP contribution in [0.3, 0.4) is 0 Å².